The number of nitrogens with zero attached hydrogens (tertiary/aromatic N) is 2. The minimum absolute atomic E-state index is 0.583. The van der Waals surface area contributed by atoms with E-state index in [1.54, 1.807) is 0 Å². The van der Waals surface area contributed by atoms with Gasteiger partial charge in [-0.15, -0.1) is 0 Å². The highest BCUT2D eigenvalue weighted by Gasteiger charge is 2.19. The Kier molecular flexibility index (Phi) is 2.16. The van der Waals surface area contributed by atoms with Crippen molar-refractivity contribution in [1.29, 1.82) is 0 Å². The molecule has 0 amide bonds. The van der Waals surface area contributed by atoms with Gasteiger partial charge in [0.25, 0.3) is 0 Å². The van der Waals surface area contributed by atoms with Crippen LogP contribution < -0.4 is 4.90 Å². The standard InChI is InChI=1S/C10H13ClN2/c1-7-5-8-3-4-9(11)12-10(8)13(2)6-7/h3-4,7H,5-6H2,1-2H3. The molecule has 0 bridgehead atoms. The number of hydrogen-bond donors (Lipinski definition) is 0. The molecule has 0 radical (unpaired) electrons. The maximum absolute atomic E-state index is 5.84. The van der Waals surface area contributed by atoms with E-state index < -0.39 is 0 Å². The first-order valence-corrected chi connectivity index (χ1v) is 4.91. The molecule has 2 rings (SSSR count). The van der Waals surface area contributed by atoms with E-state index in [9.17, 15) is 0 Å². The van der Waals surface area contributed by atoms with Crippen LogP contribution in [0.5, 0.6) is 0 Å². The summed E-state index contributed by atoms with van der Waals surface area (Å²) in [6.07, 6.45) is 1.11. The van der Waals surface area contributed by atoms with Crippen molar-refractivity contribution in [3.63, 3.8) is 0 Å². The summed E-state index contributed by atoms with van der Waals surface area (Å²) in [5.74, 6) is 1.76. The molecule has 0 N–H and O–H groups in total. The average Bonchev–Trinajstić information content (AvgIpc) is 2.06. The lowest BCUT2D eigenvalue weighted by atomic mass is 9.97. The third-order valence-electron chi connectivity index (χ3n) is 2.44. The van der Waals surface area contributed by atoms with Crippen LogP contribution >= 0.6 is 11.6 Å². The van der Waals surface area contributed by atoms with Gasteiger partial charge in [-0.05, 0) is 24.0 Å². The maximum Gasteiger partial charge on any atom is 0.133 e. The summed E-state index contributed by atoms with van der Waals surface area (Å²) in [6, 6.07) is 3.95. The first-order chi connectivity index (χ1) is 6.16. The molecule has 1 aliphatic heterocycles. The van der Waals surface area contributed by atoms with Gasteiger partial charge in [-0.1, -0.05) is 24.6 Å². The zero-order valence-electron chi connectivity index (χ0n) is 7.92. The highest BCUT2D eigenvalue weighted by molar-refractivity contribution is 6.29. The molecule has 1 atom stereocenters. The van der Waals surface area contributed by atoms with Gasteiger partial charge in [0.05, 0.1) is 0 Å². The van der Waals surface area contributed by atoms with Crippen molar-refractivity contribution < 1.29 is 0 Å². The quantitative estimate of drug-likeness (QED) is 0.593. The molecular weight excluding hydrogens is 184 g/mol. The second-order valence-electron chi connectivity index (χ2n) is 3.81. The zero-order chi connectivity index (χ0) is 9.42. The van der Waals surface area contributed by atoms with E-state index in [1.807, 2.05) is 6.07 Å². The Morgan fingerprint density at radius 2 is 2.31 bits per heavy atom. The lowest BCUT2D eigenvalue weighted by Gasteiger charge is -2.30. The minimum Gasteiger partial charge on any atom is -0.359 e. The van der Waals surface area contributed by atoms with E-state index in [0.717, 1.165) is 18.8 Å². The molecule has 0 fully saturated rings. The van der Waals surface area contributed by atoms with E-state index in [0.29, 0.717) is 11.1 Å². The highest BCUT2D eigenvalue weighted by atomic mass is 35.5. The smallest absolute Gasteiger partial charge is 0.133 e. The van der Waals surface area contributed by atoms with Gasteiger partial charge in [-0.3, -0.25) is 0 Å². The molecule has 0 spiro atoms. The zero-order valence-corrected chi connectivity index (χ0v) is 8.67. The molecule has 2 nitrogen and oxygen atoms in total. The Bertz CT molecular complexity index is 325. The van der Waals surface area contributed by atoms with Crippen LogP contribution in [0.2, 0.25) is 5.15 Å². The molecular formula is C10H13ClN2. The third kappa shape index (κ3) is 1.63. The van der Waals surface area contributed by atoms with E-state index in [1.165, 1.54) is 5.56 Å². The predicted molar refractivity (Wildman–Crippen MR) is 55.4 cm³/mol. The molecule has 3 heteroatoms. The highest BCUT2D eigenvalue weighted by Crippen LogP contribution is 2.27. The molecule has 0 aromatic carbocycles. The molecule has 1 aliphatic rings. The predicted octanol–water partition coefficient (Wildman–Crippen LogP) is 2.36. The first kappa shape index (κ1) is 8.82. The van der Waals surface area contributed by atoms with Gasteiger partial charge in [0, 0.05) is 13.6 Å². The molecule has 1 aromatic heterocycles. The monoisotopic (exact) mass is 196 g/mol. The summed E-state index contributed by atoms with van der Waals surface area (Å²) in [7, 11) is 2.07. The molecule has 0 aliphatic carbocycles. The van der Waals surface area contributed by atoms with Crippen LogP contribution in [0, 0.1) is 5.92 Å². The van der Waals surface area contributed by atoms with Crippen LogP contribution in [0.4, 0.5) is 5.82 Å². The lowest BCUT2D eigenvalue weighted by molar-refractivity contribution is 0.546. The number of pyridine rings is 1. The van der Waals surface area contributed by atoms with Crippen LogP contribution in [0.25, 0.3) is 0 Å². The van der Waals surface area contributed by atoms with Crippen molar-refractivity contribution >= 4 is 17.4 Å². The van der Waals surface area contributed by atoms with Gasteiger partial charge in [0.15, 0.2) is 0 Å². The number of hydrogen-bond acceptors (Lipinski definition) is 2. The van der Waals surface area contributed by atoms with E-state index in [2.05, 4.69) is 29.9 Å². The van der Waals surface area contributed by atoms with Gasteiger partial charge in [-0.2, -0.15) is 0 Å². The summed E-state index contributed by atoms with van der Waals surface area (Å²) in [5.41, 5.74) is 1.31. The van der Waals surface area contributed by atoms with Gasteiger partial charge < -0.3 is 4.90 Å². The normalized spacial score (nSPS) is 21.5. The Balaban J connectivity index is 2.43. The van der Waals surface area contributed by atoms with Crippen molar-refractivity contribution in [3.8, 4) is 0 Å². The van der Waals surface area contributed by atoms with Gasteiger partial charge >= 0.3 is 0 Å². The second kappa shape index (κ2) is 3.18. The first-order valence-electron chi connectivity index (χ1n) is 4.53. The fraction of sp³-hybridized carbons (Fsp3) is 0.500. The molecule has 70 valence electrons. The van der Waals surface area contributed by atoms with E-state index in [4.69, 9.17) is 11.6 Å². The third-order valence-corrected chi connectivity index (χ3v) is 2.65. The minimum atomic E-state index is 0.583. The Morgan fingerprint density at radius 1 is 1.54 bits per heavy atom. The Morgan fingerprint density at radius 3 is 3.08 bits per heavy atom. The van der Waals surface area contributed by atoms with Crippen molar-refractivity contribution in [1.82, 2.24) is 4.98 Å². The fourth-order valence-corrected chi connectivity index (χ4v) is 2.08. The number of fused-ring (bicyclic) bond motifs is 1. The summed E-state index contributed by atoms with van der Waals surface area (Å²) in [4.78, 5) is 6.50. The van der Waals surface area contributed by atoms with Crippen LogP contribution in [0.15, 0.2) is 12.1 Å². The van der Waals surface area contributed by atoms with Gasteiger partial charge in [0.2, 0.25) is 0 Å². The van der Waals surface area contributed by atoms with Crippen LogP contribution in [0.3, 0.4) is 0 Å². The van der Waals surface area contributed by atoms with Crippen LogP contribution in [0.1, 0.15) is 12.5 Å². The summed E-state index contributed by atoms with van der Waals surface area (Å²) < 4.78 is 0. The lowest BCUT2D eigenvalue weighted by Crippen LogP contribution is -2.31. The molecule has 1 unspecified atom stereocenters. The summed E-state index contributed by atoms with van der Waals surface area (Å²) in [6.45, 7) is 3.33. The molecule has 0 saturated heterocycles. The van der Waals surface area contributed by atoms with Crippen molar-refractivity contribution in [2.45, 2.75) is 13.3 Å². The van der Waals surface area contributed by atoms with E-state index >= 15 is 0 Å². The second-order valence-corrected chi connectivity index (χ2v) is 4.19. The number of halogens is 1. The molecule has 1 aromatic rings. The number of rotatable bonds is 0. The number of anilines is 1. The largest absolute Gasteiger partial charge is 0.359 e. The number of aromatic nitrogens is 1. The Hall–Kier alpha value is -0.760. The van der Waals surface area contributed by atoms with E-state index in [-0.39, 0.29) is 0 Å². The van der Waals surface area contributed by atoms with Crippen molar-refractivity contribution in [3.05, 3.63) is 22.8 Å². The van der Waals surface area contributed by atoms with Crippen molar-refractivity contribution in [2.75, 3.05) is 18.5 Å². The van der Waals surface area contributed by atoms with Crippen LogP contribution in [-0.4, -0.2) is 18.6 Å². The Labute approximate surface area is 83.5 Å². The molecule has 0 saturated carbocycles. The molecule has 2 heterocycles. The molecule has 13 heavy (non-hydrogen) atoms. The van der Waals surface area contributed by atoms with Crippen molar-refractivity contribution in [2.24, 2.45) is 5.92 Å². The topological polar surface area (TPSA) is 16.1 Å². The van der Waals surface area contributed by atoms with Gasteiger partial charge in [0.1, 0.15) is 11.0 Å². The average molecular weight is 197 g/mol. The summed E-state index contributed by atoms with van der Waals surface area (Å²) >= 11 is 5.84. The maximum atomic E-state index is 5.84. The SMILES string of the molecule is CC1Cc2ccc(Cl)nc2N(C)C1. The van der Waals surface area contributed by atoms with Gasteiger partial charge in [-0.25, -0.2) is 4.98 Å². The summed E-state index contributed by atoms with van der Waals surface area (Å²) in [5, 5.41) is 0.583. The fourth-order valence-electron chi connectivity index (χ4n) is 1.94. The van der Waals surface area contributed by atoms with Crippen LogP contribution in [-0.2, 0) is 6.42 Å².